The van der Waals surface area contributed by atoms with Crippen LogP contribution in [0.25, 0.3) is 0 Å². The van der Waals surface area contributed by atoms with Gasteiger partial charge in [0.2, 0.25) is 23.6 Å². The Labute approximate surface area is 154 Å². The van der Waals surface area contributed by atoms with Gasteiger partial charge in [-0.05, 0) is 12.1 Å². The van der Waals surface area contributed by atoms with E-state index in [1.807, 2.05) is 0 Å². The number of likely N-dealkylation sites (N-methyl/N-ethyl adjacent to an activating group) is 1. The minimum Gasteiger partial charge on any atom is -0.336 e. The van der Waals surface area contributed by atoms with Gasteiger partial charge in [0.05, 0.1) is 22.3 Å². The van der Waals surface area contributed by atoms with Gasteiger partial charge in [0.1, 0.15) is 0 Å². The van der Waals surface area contributed by atoms with Crippen LogP contribution in [0.1, 0.15) is 19.3 Å². The van der Waals surface area contributed by atoms with Crippen molar-refractivity contribution in [3.05, 3.63) is 28.2 Å². The van der Waals surface area contributed by atoms with Crippen LogP contribution in [0, 0.1) is 0 Å². The predicted octanol–water partition coefficient (Wildman–Crippen LogP) is 1.93. The van der Waals surface area contributed by atoms with Crippen molar-refractivity contribution in [3.63, 3.8) is 0 Å². The molecular formula is C16H17Cl2N3O4. The van der Waals surface area contributed by atoms with E-state index in [-0.39, 0.29) is 55.8 Å². The average Bonchev–Trinajstić information content (AvgIpc) is 2.87. The summed E-state index contributed by atoms with van der Waals surface area (Å²) in [4.78, 5) is 49.4. The SMILES string of the molecule is CN(CC(=O)Nc1c(Cl)cccc1Cl)C(=O)CCN1C(=O)CCC1=O. The molecule has 1 aliphatic heterocycles. The van der Waals surface area contributed by atoms with Crippen molar-refractivity contribution in [1.82, 2.24) is 9.80 Å². The summed E-state index contributed by atoms with van der Waals surface area (Å²) in [6, 6.07) is 4.82. The molecule has 1 aliphatic rings. The quantitative estimate of drug-likeness (QED) is 0.757. The maximum absolute atomic E-state index is 12.1. The summed E-state index contributed by atoms with van der Waals surface area (Å²) < 4.78 is 0. The number of amides is 4. The summed E-state index contributed by atoms with van der Waals surface area (Å²) in [6.45, 7) is -0.179. The van der Waals surface area contributed by atoms with E-state index in [1.165, 1.54) is 11.9 Å². The third kappa shape index (κ3) is 4.93. The number of carbonyl (C=O) groups excluding carboxylic acids is 4. The Morgan fingerprint density at radius 3 is 2.28 bits per heavy atom. The lowest BCUT2D eigenvalue weighted by atomic mass is 10.3. The summed E-state index contributed by atoms with van der Waals surface area (Å²) >= 11 is 11.9. The van der Waals surface area contributed by atoms with Crippen molar-refractivity contribution in [1.29, 1.82) is 0 Å². The molecule has 1 saturated heterocycles. The molecule has 1 fully saturated rings. The van der Waals surface area contributed by atoms with E-state index in [0.717, 1.165) is 4.90 Å². The van der Waals surface area contributed by atoms with Crippen LogP contribution in [0.4, 0.5) is 5.69 Å². The smallest absolute Gasteiger partial charge is 0.244 e. The number of nitrogens with zero attached hydrogens (tertiary/aromatic N) is 2. The van der Waals surface area contributed by atoms with Crippen LogP contribution >= 0.6 is 23.2 Å². The standard InChI is InChI=1S/C16H17Cl2N3O4/c1-20(13(23)7-8-21-14(24)5-6-15(21)25)9-12(22)19-16-10(17)3-2-4-11(16)18/h2-4H,5-9H2,1H3,(H,19,22). The van der Waals surface area contributed by atoms with Crippen LogP contribution < -0.4 is 5.32 Å². The number of anilines is 1. The molecule has 7 nitrogen and oxygen atoms in total. The Bertz CT molecular complexity index is 687. The van der Waals surface area contributed by atoms with Gasteiger partial charge in [0, 0.05) is 32.9 Å². The topological polar surface area (TPSA) is 86.8 Å². The number of hydrogen-bond donors (Lipinski definition) is 1. The Balaban J connectivity index is 1.85. The number of carbonyl (C=O) groups is 4. The molecule has 1 aromatic rings. The first kappa shape index (κ1) is 19.2. The van der Waals surface area contributed by atoms with Crippen molar-refractivity contribution in [2.24, 2.45) is 0 Å². The molecule has 1 aromatic carbocycles. The fourth-order valence-corrected chi connectivity index (χ4v) is 2.86. The average molecular weight is 386 g/mol. The van der Waals surface area contributed by atoms with Crippen molar-refractivity contribution >= 4 is 52.5 Å². The van der Waals surface area contributed by atoms with E-state index in [1.54, 1.807) is 18.2 Å². The maximum atomic E-state index is 12.1. The number of likely N-dealkylation sites (tertiary alicyclic amines) is 1. The van der Waals surface area contributed by atoms with Crippen LogP contribution in [0.5, 0.6) is 0 Å². The highest BCUT2D eigenvalue weighted by atomic mass is 35.5. The third-order valence-corrected chi connectivity index (χ3v) is 4.37. The van der Waals surface area contributed by atoms with Crippen molar-refractivity contribution in [2.45, 2.75) is 19.3 Å². The van der Waals surface area contributed by atoms with Crippen molar-refractivity contribution < 1.29 is 19.2 Å². The molecule has 0 saturated carbocycles. The second-order valence-electron chi connectivity index (χ2n) is 5.58. The van der Waals surface area contributed by atoms with E-state index < -0.39 is 5.91 Å². The summed E-state index contributed by atoms with van der Waals surface area (Å²) in [5.41, 5.74) is 0.282. The second-order valence-corrected chi connectivity index (χ2v) is 6.40. The molecule has 25 heavy (non-hydrogen) atoms. The van der Waals surface area contributed by atoms with E-state index in [2.05, 4.69) is 5.32 Å². The molecule has 0 spiro atoms. The molecule has 1 heterocycles. The highest BCUT2D eigenvalue weighted by Crippen LogP contribution is 2.29. The number of para-hydroxylation sites is 1. The van der Waals surface area contributed by atoms with Gasteiger partial charge in [0.15, 0.2) is 0 Å². The molecule has 0 radical (unpaired) electrons. The molecule has 0 aliphatic carbocycles. The van der Waals surface area contributed by atoms with Crippen LogP contribution in [-0.2, 0) is 19.2 Å². The first-order valence-corrected chi connectivity index (χ1v) is 8.36. The molecule has 1 N–H and O–H groups in total. The molecular weight excluding hydrogens is 369 g/mol. The van der Waals surface area contributed by atoms with Crippen LogP contribution in [0.2, 0.25) is 10.0 Å². The first-order valence-electron chi connectivity index (χ1n) is 7.60. The van der Waals surface area contributed by atoms with Crippen LogP contribution in [-0.4, -0.2) is 53.6 Å². The Morgan fingerprint density at radius 2 is 1.72 bits per heavy atom. The summed E-state index contributed by atoms with van der Waals surface area (Å²) in [7, 11) is 1.46. The van der Waals surface area contributed by atoms with Gasteiger partial charge < -0.3 is 10.2 Å². The van der Waals surface area contributed by atoms with Gasteiger partial charge in [-0.25, -0.2) is 0 Å². The summed E-state index contributed by atoms with van der Waals surface area (Å²) in [5.74, 6) is -1.36. The largest absolute Gasteiger partial charge is 0.336 e. The zero-order valence-corrected chi connectivity index (χ0v) is 15.1. The monoisotopic (exact) mass is 385 g/mol. The van der Waals surface area contributed by atoms with Crippen molar-refractivity contribution in [2.75, 3.05) is 25.5 Å². The highest BCUT2D eigenvalue weighted by Gasteiger charge is 2.29. The number of rotatable bonds is 6. The lowest BCUT2D eigenvalue weighted by Crippen LogP contribution is -2.38. The second kappa shape index (κ2) is 8.31. The minimum atomic E-state index is -0.459. The van der Waals surface area contributed by atoms with Crippen molar-refractivity contribution in [3.8, 4) is 0 Å². The molecule has 0 bridgehead atoms. The fraction of sp³-hybridized carbons (Fsp3) is 0.375. The summed E-state index contributed by atoms with van der Waals surface area (Å²) in [6.07, 6.45) is 0.335. The van der Waals surface area contributed by atoms with Crippen LogP contribution in [0.15, 0.2) is 18.2 Å². The zero-order valence-electron chi connectivity index (χ0n) is 13.6. The molecule has 0 atom stereocenters. The van der Waals surface area contributed by atoms with Gasteiger partial charge in [-0.15, -0.1) is 0 Å². The highest BCUT2D eigenvalue weighted by molar-refractivity contribution is 6.39. The summed E-state index contributed by atoms with van der Waals surface area (Å²) in [5, 5.41) is 3.15. The zero-order chi connectivity index (χ0) is 18.6. The molecule has 0 aromatic heterocycles. The van der Waals surface area contributed by atoms with Gasteiger partial charge in [-0.2, -0.15) is 0 Å². The predicted molar refractivity (Wildman–Crippen MR) is 93.3 cm³/mol. The number of halogens is 2. The van der Waals surface area contributed by atoms with Gasteiger partial charge in [-0.3, -0.25) is 24.1 Å². The number of benzene rings is 1. The normalized spacial score (nSPS) is 14.0. The van der Waals surface area contributed by atoms with Crippen LogP contribution in [0.3, 0.4) is 0 Å². The fourth-order valence-electron chi connectivity index (χ4n) is 2.37. The Hall–Kier alpha value is -2.12. The molecule has 0 unspecified atom stereocenters. The van der Waals surface area contributed by atoms with Gasteiger partial charge in [0.25, 0.3) is 0 Å². The molecule has 2 rings (SSSR count). The molecule has 9 heteroatoms. The lowest BCUT2D eigenvalue weighted by Gasteiger charge is -2.19. The lowest BCUT2D eigenvalue weighted by molar-refractivity contribution is -0.140. The number of imide groups is 1. The Kier molecular flexibility index (Phi) is 6.39. The number of nitrogens with one attached hydrogen (secondary N) is 1. The van der Waals surface area contributed by atoms with E-state index in [9.17, 15) is 19.2 Å². The maximum Gasteiger partial charge on any atom is 0.244 e. The minimum absolute atomic E-state index is 0.0266. The first-order chi connectivity index (χ1) is 11.8. The van der Waals surface area contributed by atoms with E-state index in [4.69, 9.17) is 23.2 Å². The van der Waals surface area contributed by atoms with Gasteiger partial charge in [-0.1, -0.05) is 29.3 Å². The van der Waals surface area contributed by atoms with E-state index in [0.29, 0.717) is 10.0 Å². The Morgan fingerprint density at radius 1 is 1.16 bits per heavy atom. The molecule has 134 valence electrons. The van der Waals surface area contributed by atoms with Gasteiger partial charge >= 0.3 is 0 Å². The number of hydrogen-bond acceptors (Lipinski definition) is 4. The third-order valence-electron chi connectivity index (χ3n) is 3.74. The molecule has 4 amide bonds. The van der Waals surface area contributed by atoms with E-state index >= 15 is 0 Å².